The second-order valence-electron chi connectivity index (χ2n) is 4.58. The summed E-state index contributed by atoms with van der Waals surface area (Å²) in [6, 6.07) is 11.4. The number of hydrogen-bond acceptors (Lipinski definition) is 2. The number of pyridine rings is 1. The molecule has 1 aromatic carbocycles. The van der Waals surface area contributed by atoms with Crippen LogP contribution in [0.4, 0.5) is 5.69 Å². The van der Waals surface area contributed by atoms with Crippen LogP contribution in [0.25, 0.3) is 0 Å². The van der Waals surface area contributed by atoms with Crippen molar-refractivity contribution >= 4 is 27.5 Å². The summed E-state index contributed by atoms with van der Waals surface area (Å²) in [5, 5.41) is 2.89. The zero-order valence-corrected chi connectivity index (χ0v) is 12.4. The highest BCUT2D eigenvalue weighted by molar-refractivity contribution is 9.10. The van der Waals surface area contributed by atoms with E-state index in [1.807, 2.05) is 18.2 Å². The number of nitrogens with one attached hydrogen (secondary N) is 1. The maximum absolute atomic E-state index is 12.1. The first-order valence-electron chi connectivity index (χ1n) is 6.09. The Kier molecular flexibility index (Phi) is 4.32. The molecule has 0 atom stereocenters. The number of rotatable bonds is 3. The smallest absolute Gasteiger partial charge is 0.258 e. The van der Waals surface area contributed by atoms with E-state index < -0.39 is 0 Å². The van der Waals surface area contributed by atoms with Crippen LogP contribution in [0.1, 0.15) is 35.7 Å². The third-order valence-corrected chi connectivity index (χ3v) is 3.45. The van der Waals surface area contributed by atoms with Crippen LogP contribution in [0.3, 0.4) is 0 Å². The van der Waals surface area contributed by atoms with Gasteiger partial charge in [0.05, 0.1) is 5.56 Å². The predicted molar refractivity (Wildman–Crippen MR) is 80.4 cm³/mol. The van der Waals surface area contributed by atoms with Gasteiger partial charge in [-0.25, -0.2) is 4.98 Å². The quantitative estimate of drug-likeness (QED) is 0.861. The van der Waals surface area contributed by atoms with Gasteiger partial charge in [0.15, 0.2) is 0 Å². The van der Waals surface area contributed by atoms with Crippen molar-refractivity contribution in [1.29, 1.82) is 0 Å². The van der Waals surface area contributed by atoms with Gasteiger partial charge in [-0.3, -0.25) is 4.79 Å². The van der Waals surface area contributed by atoms with Gasteiger partial charge in [-0.05, 0) is 51.7 Å². The Labute approximate surface area is 121 Å². The lowest BCUT2D eigenvalue weighted by Crippen LogP contribution is -2.13. The maximum atomic E-state index is 12.1. The standard InChI is InChI=1S/C15H15BrN2O/c1-10(2)11-5-3-6-12(9-11)18-15(19)13-7-4-8-17-14(13)16/h3-10H,1-2H3,(H,18,19). The molecule has 2 aromatic rings. The van der Waals surface area contributed by atoms with Crippen molar-refractivity contribution in [3.63, 3.8) is 0 Å². The van der Waals surface area contributed by atoms with Crippen LogP contribution >= 0.6 is 15.9 Å². The molecule has 1 amide bonds. The molecule has 3 nitrogen and oxygen atoms in total. The number of carbonyl (C=O) groups is 1. The van der Waals surface area contributed by atoms with E-state index in [9.17, 15) is 4.79 Å². The van der Waals surface area contributed by atoms with Crippen molar-refractivity contribution < 1.29 is 4.79 Å². The Morgan fingerprint density at radius 1 is 1.26 bits per heavy atom. The van der Waals surface area contributed by atoms with E-state index in [4.69, 9.17) is 0 Å². The minimum Gasteiger partial charge on any atom is -0.322 e. The molecule has 1 aromatic heterocycles. The van der Waals surface area contributed by atoms with Crippen molar-refractivity contribution in [2.75, 3.05) is 5.32 Å². The first-order chi connectivity index (χ1) is 9.08. The molecule has 19 heavy (non-hydrogen) atoms. The zero-order chi connectivity index (χ0) is 13.8. The molecule has 0 aliphatic heterocycles. The number of halogens is 1. The van der Waals surface area contributed by atoms with Gasteiger partial charge >= 0.3 is 0 Å². The molecule has 0 spiro atoms. The molecule has 0 saturated heterocycles. The van der Waals surface area contributed by atoms with E-state index in [0.717, 1.165) is 5.69 Å². The molecule has 0 aliphatic rings. The third-order valence-electron chi connectivity index (χ3n) is 2.81. The molecule has 0 fully saturated rings. The summed E-state index contributed by atoms with van der Waals surface area (Å²) >= 11 is 3.28. The summed E-state index contributed by atoms with van der Waals surface area (Å²) in [7, 11) is 0. The van der Waals surface area contributed by atoms with Crippen molar-refractivity contribution in [1.82, 2.24) is 4.98 Å². The fourth-order valence-electron chi connectivity index (χ4n) is 1.73. The van der Waals surface area contributed by atoms with Crippen LogP contribution in [0.2, 0.25) is 0 Å². The Morgan fingerprint density at radius 3 is 2.74 bits per heavy atom. The van der Waals surface area contributed by atoms with Gasteiger partial charge < -0.3 is 5.32 Å². The molecule has 4 heteroatoms. The number of hydrogen-bond donors (Lipinski definition) is 1. The molecule has 0 saturated carbocycles. The molecule has 0 aliphatic carbocycles. The van der Waals surface area contributed by atoms with E-state index in [0.29, 0.717) is 16.1 Å². The van der Waals surface area contributed by atoms with Crippen LogP contribution in [-0.2, 0) is 0 Å². The second-order valence-corrected chi connectivity index (χ2v) is 5.33. The van der Waals surface area contributed by atoms with E-state index in [2.05, 4.69) is 46.1 Å². The third kappa shape index (κ3) is 3.41. The van der Waals surface area contributed by atoms with Gasteiger partial charge in [-0.15, -0.1) is 0 Å². The van der Waals surface area contributed by atoms with E-state index in [-0.39, 0.29) is 5.91 Å². The van der Waals surface area contributed by atoms with Crippen molar-refractivity contribution in [3.8, 4) is 0 Å². The number of amides is 1. The van der Waals surface area contributed by atoms with E-state index in [1.165, 1.54) is 5.56 Å². The maximum Gasteiger partial charge on any atom is 0.258 e. The van der Waals surface area contributed by atoms with Crippen molar-refractivity contribution in [2.24, 2.45) is 0 Å². The highest BCUT2D eigenvalue weighted by Gasteiger charge is 2.10. The van der Waals surface area contributed by atoms with E-state index >= 15 is 0 Å². The highest BCUT2D eigenvalue weighted by Crippen LogP contribution is 2.20. The lowest BCUT2D eigenvalue weighted by Gasteiger charge is -2.10. The molecule has 0 bridgehead atoms. The lowest BCUT2D eigenvalue weighted by molar-refractivity contribution is 0.102. The number of anilines is 1. The predicted octanol–water partition coefficient (Wildman–Crippen LogP) is 4.22. The van der Waals surface area contributed by atoms with Crippen molar-refractivity contribution in [3.05, 3.63) is 58.3 Å². The average molecular weight is 319 g/mol. The van der Waals surface area contributed by atoms with Crippen LogP contribution in [-0.4, -0.2) is 10.9 Å². The van der Waals surface area contributed by atoms with Gasteiger partial charge in [0.1, 0.15) is 4.60 Å². The SMILES string of the molecule is CC(C)c1cccc(NC(=O)c2cccnc2Br)c1. The summed E-state index contributed by atoms with van der Waals surface area (Å²) in [6.07, 6.45) is 1.64. The fraction of sp³-hybridized carbons (Fsp3) is 0.200. The minimum absolute atomic E-state index is 0.166. The van der Waals surface area contributed by atoms with Crippen molar-refractivity contribution in [2.45, 2.75) is 19.8 Å². The van der Waals surface area contributed by atoms with Gasteiger partial charge in [-0.1, -0.05) is 26.0 Å². The Hall–Kier alpha value is -1.68. The van der Waals surface area contributed by atoms with Gasteiger partial charge in [0, 0.05) is 11.9 Å². The normalized spacial score (nSPS) is 10.5. The van der Waals surface area contributed by atoms with Gasteiger partial charge in [-0.2, -0.15) is 0 Å². The van der Waals surface area contributed by atoms with Crippen LogP contribution in [0.15, 0.2) is 47.2 Å². The lowest BCUT2D eigenvalue weighted by atomic mass is 10.0. The largest absolute Gasteiger partial charge is 0.322 e. The molecule has 0 unspecified atom stereocenters. The number of benzene rings is 1. The van der Waals surface area contributed by atoms with Gasteiger partial charge in [0.25, 0.3) is 5.91 Å². The summed E-state index contributed by atoms with van der Waals surface area (Å²) in [6.45, 7) is 4.25. The summed E-state index contributed by atoms with van der Waals surface area (Å²) in [5.41, 5.74) is 2.52. The van der Waals surface area contributed by atoms with Crippen LogP contribution < -0.4 is 5.32 Å². The molecule has 0 radical (unpaired) electrons. The number of aromatic nitrogens is 1. The molecule has 2 rings (SSSR count). The number of nitrogens with zero attached hydrogens (tertiary/aromatic N) is 1. The minimum atomic E-state index is -0.166. The Bertz CT molecular complexity index is 596. The zero-order valence-electron chi connectivity index (χ0n) is 10.9. The molecule has 98 valence electrons. The summed E-state index contributed by atoms with van der Waals surface area (Å²) in [5.74, 6) is 0.267. The monoisotopic (exact) mass is 318 g/mol. The molecular formula is C15H15BrN2O. The highest BCUT2D eigenvalue weighted by atomic mass is 79.9. The second kappa shape index (κ2) is 5.97. The van der Waals surface area contributed by atoms with Crippen LogP contribution in [0, 0.1) is 0 Å². The molecule has 1 N–H and O–H groups in total. The summed E-state index contributed by atoms with van der Waals surface area (Å²) < 4.78 is 0.549. The molecule has 1 heterocycles. The first-order valence-corrected chi connectivity index (χ1v) is 6.89. The number of carbonyl (C=O) groups excluding carboxylic acids is 1. The Balaban J connectivity index is 2.20. The first kappa shape index (κ1) is 13.7. The summed E-state index contributed by atoms with van der Waals surface area (Å²) in [4.78, 5) is 16.2. The van der Waals surface area contributed by atoms with Crippen LogP contribution in [0.5, 0.6) is 0 Å². The van der Waals surface area contributed by atoms with Gasteiger partial charge in [0.2, 0.25) is 0 Å². The topological polar surface area (TPSA) is 42.0 Å². The Morgan fingerprint density at radius 2 is 2.05 bits per heavy atom. The van der Waals surface area contributed by atoms with E-state index in [1.54, 1.807) is 18.3 Å². The average Bonchev–Trinajstić information content (AvgIpc) is 2.39. The fourth-order valence-corrected chi connectivity index (χ4v) is 2.16. The molecular weight excluding hydrogens is 304 g/mol.